The van der Waals surface area contributed by atoms with Gasteiger partial charge < -0.3 is 15.7 Å². The Hall–Kier alpha value is -2.37. The van der Waals surface area contributed by atoms with Crippen LogP contribution >= 0.6 is 0 Å². The molecule has 6 heteroatoms. The first-order chi connectivity index (χ1) is 9.51. The molecule has 0 aromatic heterocycles. The third kappa shape index (κ3) is 3.34. The van der Waals surface area contributed by atoms with Crippen LogP contribution in [-0.2, 0) is 14.4 Å². The molecule has 1 aliphatic carbocycles. The Morgan fingerprint density at radius 1 is 1.10 bits per heavy atom. The van der Waals surface area contributed by atoms with E-state index in [-0.39, 0.29) is 11.8 Å². The van der Waals surface area contributed by atoms with Crippen molar-refractivity contribution in [2.45, 2.75) is 19.8 Å². The molecule has 1 aromatic carbocycles. The second-order valence-corrected chi connectivity index (χ2v) is 4.76. The molecule has 0 heterocycles. The zero-order valence-electron chi connectivity index (χ0n) is 11.1. The third-order valence-electron chi connectivity index (χ3n) is 3.20. The van der Waals surface area contributed by atoms with Gasteiger partial charge in [0, 0.05) is 17.8 Å². The number of benzene rings is 1. The van der Waals surface area contributed by atoms with Crippen molar-refractivity contribution in [2.75, 3.05) is 10.6 Å². The van der Waals surface area contributed by atoms with Crippen LogP contribution < -0.4 is 10.6 Å². The molecule has 1 fully saturated rings. The van der Waals surface area contributed by atoms with Crippen molar-refractivity contribution < 1.29 is 19.5 Å². The molecule has 106 valence electrons. The number of rotatable bonds is 5. The second-order valence-electron chi connectivity index (χ2n) is 4.76. The minimum atomic E-state index is -0.928. The highest BCUT2D eigenvalue weighted by Crippen LogP contribution is 2.39. The first-order valence-corrected chi connectivity index (χ1v) is 6.45. The number of carbonyl (C=O) groups excluding carboxylic acids is 2. The van der Waals surface area contributed by atoms with Crippen LogP contribution in [0.3, 0.4) is 0 Å². The molecule has 2 atom stereocenters. The van der Waals surface area contributed by atoms with Gasteiger partial charge in [-0.25, -0.2) is 0 Å². The van der Waals surface area contributed by atoms with E-state index in [1.807, 2.05) is 0 Å². The number of hydrogen-bond acceptors (Lipinski definition) is 3. The monoisotopic (exact) mass is 276 g/mol. The summed E-state index contributed by atoms with van der Waals surface area (Å²) in [7, 11) is 0. The van der Waals surface area contributed by atoms with Crippen LogP contribution in [0.1, 0.15) is 19.8 Å². The summed E-state index contributed by atoms with van der Waals surface area (Å²) in [4.78, 5) is 33.6. The Labute approximate surface area is 116 Å². The Kier molecular flexibility index (Phi) is 4.02. The normalized spacial score (nSPS) is 20.1. The lowest BCUT2D eigenvalue weighted by Crippen LogP contribution is -2.16. The fraction of sp³-hybridized carbons (Fsp3) is 0.357. The number of carbonyl (C=O) groups is 3. The van der Waals surface area contributed by atoms with Crippen LogP contribution in [0.25, 0.3) is 0 Å². The molecule has 1 aromatic rings. The van der Waals surface area contributed by atoms with Gasteiger partial charge >= 0.3 is 5.97 Å². The molecule has 1 aliphatic rings. The van der Waals surface area contributed by atoms with E-state index in [2.05, 4.69) is 10.6 Å². The van der Waals surface area contributed by atoms with Gasteiger partial charge in [-0.3, -0.25) is 14.4 Å². The van der Waals surface area contributed by atoms with Gasteiger partial charge in [-0.05, 0) is 30.7 Å². The second kappa shape index (κ2) is 5.73. The highest BCUT2D eigenvalue weighted by molar-refractivity contribution is 5.98. The largest absolute Gasteiger partial charge is 0.481 e. The van der Waals surface area contributed by atoms with Crippen LogP contribution in [0, 0.1) is 11.8 Å². The van der Waals surface area contributed by atoms with Gasteiger partial charge in [-0.15, -0.1) is 0 Å². The summed E-state index contributed by atoms with van der Waals surface area (Å²) in [5.41, 5.74) is 1.24. The van der Waals surface area contributed by atoms with Crippen molar-refractivity contribution in [1.29, 1.82) is 0 Å². The standard InChI is InChI=1S/C14H16N2O4/c1-2-12(17)15-8-3-5-9(6-4-8)16-13(18)10-7-11(10)14(19)20/h3-6,10-11H,2,7H2,1H3,(H,15,17)(H,16,18)(H,19,20)/t10-,11+/m1/s1. The minimum absolute atomic E-state index is 0.0796. The van der Waals surface area contributed by atoms with Crippen LogP contribution in [0.4, 0.5) is 11.4 Å². The lowest BCUT2D eigenvalue weighted by atomic mass is 10.2. The lowest BCUT2D eigenvalue weighted by molar-refractivity contribution is -0.139. The number of anilines is 2. The molecule has 6 nitrogen and oxygen atoms in total. The van der Waals surface area contributed by atoms with Gasteiger partial charge in [0.15, 0.2) is 0 Å². The number of amides is 2. The van der Waals surface area contributed by atoms with E-state index in [1.54, 1.807) is 31.2 Å². The summed E-state index contributed by atoms with van der Waals surface area (Å²) in [5, 5.41) is 14.1. The van der Waals surface area contributed by atoms with E-state index in [4.69, 9.17) is 5.11 Å². The molecular weight excluding hydrogens is 260 g/mol. The van der Waals surface area contributed by atoms with E-state index in [0.717, 1.165) is 0 Å². The van der Waals surface area contributed by atoms with E-state index in [1.165, 1.54) is 0 Å². The van der Waals surface area contributed by atoms with E-state index in [9.17, 15) is 14.4 Å². The van der Waals surface area contributed by atoms with Gasteiger partial charge in [-0.1, -0.05) is 6.92 Å². The molecule has 0 aliphatic heterocycles. The molecule has 20 heavy (non-hydrogen) atoms. The van der Waals surface area contributed by atoms with Crippen LogP contribution in [0.5, 0.6) is 0 Å². The fourth-order valence-corrected chi connectivity index (χ4v) is 1.88. The molecule has 2 rings (SSSR count). The number of carboxylic acids is 1. The average Bonchev–Trinajstić information content (AvgIpc) is 3.21. The summed E-state index contributed by atoms with van der Waals surface area (Å²) >= 11 is 0. The first-order valence-electron chi connectivity index (χ1n) is 6.45. The fourth-order valence-electron chi connectivity index (χ4n) is 1.88. The van der Waals surface area contributed by atoms with Crippen LogP contribution in [-0.4, -0.2) is 22.9 Å². The van der Waals surface area contributed by atoms with Gasteiger partial charge in [-0.2, -0.15) is 0 Å². The Morgan fingerprint density at radius 2 is 1.65 bits per heavy atom. The van der Waals surface area contributed by atoms with Crippen molar-refractivity contribution >= 4 is 29.2 Å². The SMILES string of the molecule is CCC(=O)Nc1ccc(NC(=O)[C@@H]2C[C@@H]2C(=O)O)cc1. The van der Waals surface area contributed by atoms with Gasteiger partial charge in [0.05, 0.1) is 11.8 Å². The molecule has 3 N–H and O–H groups in total. The molecule has 2 amide bonds. The molecule has 1 saturated carbocycles. The van der Waals surface area contributed by atoms with Gasteiger partial charge in [0.1, 0.15) is 0 Å². The minimum Gasteiger partial charge on any atom is -0.481 e. The van der Waals surface area contributed by atoms with Crippen molar-refractivity contribution in [1.82, 2.24) is 0 Å². The summed E-state index contributed by atoms with van der Waals surface area (Å²) in [5.74, 6) is -2.28. The quantitative estimate of drug-likeness (QED) is 0.762. The zero-order chi connectivity index (χ0) is 14.7. The highest BCUT2D eigenvalue weighted by Gasteiger charge is 2.48. The average molecular weight is 276 g/mol. The molecule has 0 spiro atoms. The van der Waals surface area contributed by atoms with Crippen molar-refractivity contribution in [3.63, 3.8) is 0 Å². The number of aliphatic carboxylic acids is 1. The van der Waals surface area contributed by atoms with Gasteiger partial charge in [0.2, 0.25) is 11.8 Å². The summed E-state index contributed by atoms with van der Waals surface area (Å²) in [6.07, 6.45) is 0.794. The maximum absolute atomic E-state index is 11.8. The smallest absolute Gasteiger partial charge is 0.307 e. The topological polar surface area (TPSA) is 95.5 Å². The van der Waals surface area contributed by atoms with E-state index < -0.39 is 17.8 Å². The maximum Gasteiger partial charge on any atom is 0.307 e. The molecular formula is C14H16N2O4. The zero-order valence-corrected chi connectivity index (χ0v) is 11.1. The van der Waals surface area contributed by atoms with E-state index in [0.29, 0.717) is 24.2 Å². The summed E-state index contributed by atoms with van der Waals surface area (Å²) in [6.45, 7) is 1.76. The lowest BCUT2D eigenvalue weighted by Gasteiger charge is -2.07. The number of nitrogens with one attached hydrogen (secondary N) is 2. The summed E-state index contributed by atoms with van der Waals surface area (Å²) < 4.78 is 0. The molecule has 0 saturated heterocycles. The Balaban J connectivity index is 1.89. The first kappa shape index (κ1) is 14.0. The third-order valence-corrected chi connectivity index (χ3v) is 3.20. The predicted molar refractivity (Wildman–Crippen MR) is 73.2 cm³/mol. The summed E-state index contributed by atoms with van der Waals surface area (Å²) in [6, 6.07) is 6.71. The van der Waals surface area contributed by atoms with Gasteiger partial charge in [0.25, 0.3) is 0 Å². The van der Waals surface area contributed by atoms with Crippen LogP contribution in [0.2, 0.25) is 0 Å². The van der Waals surface area contributed by atoms with Crippen molar-refractivity contribution in [2.24, 2.45) is 11.8 Å². The predicted octanol–water partition coefficient (Wildman–Crippen LogP) is 1.69. The number of hydrogen-bond donors (Lipinski definition) is 3. The molecule has 0 unspecified atom stereocenters. The van der Waals surface area contributed by atoms with Crippen molar-refractivity contribution in [3.05, 3.63) is 24.3 Å². The highest BCUT2D eigenvalue weighted by atomic mass is 16.4. The Bertz CT molecular complexity index is 539. The van der Waals surface area contributed by atoms with Crippen LogP contribution in [0.15, 0.2) is 24.3 Å². The molecule has 0 bridgehead atoms. The molecule has 0 radical (unpaired) electrons. The van der Waals surface area contributed by atoms with E-state index >= 15 is 0 Å². The van der Waals surface area contributed by atoms with Crippen molar-refractivity contribution in [3.8, 4) is 0 Å². The number of carboxylic acid groups (broad SMARTS) is 1. The Morgan fingerprint density at radius 3 is 2.10 bits per heavy atom. The maximum atomic E-state index is 11.8.